The van der Waals surface area contributed by atoms with Crippen molar-refractivity contribution in [2.75, 3.05) is 12.4 Å². The molecular formula is C23H19N3O5S. The van der Waals surface area contributed by atoms with Crippen molar-refractivity contribution in [1.29, 1.82) is 0 Å². The van der Waals surface area contributed by atoms with Crippen LogP contribution < -0.4 is 10.1 Å². The van der Waals surface area contributed by atoms with Gasteiger partial charge in [-0.05, 0) is 24.3 Å². The van der Waals surface area contributed by atoms with Crippen LogP contribution in [0, 0.1) is 0 Å². The molecule has 0 saturated carbocycles. The lowest BCUT2D eigenvalue weighted by Crippen LogP contribution is -2.15. The fraction of sp³-hybridized carbons (Fsp3) is 0.130. The van der Waals surface area contributed by atoms with E-state index in [1.807, 2.05) is 12.1 Å². The minimum atomic E-state index is -0.461. The molecule has 4 rings (SSSR count). The zero-order chi connectivity index (χ0) is 22.3. The van der Waals surface area contributed by atoms with Crippen molar-refractivity contribution in [2.24, 2.45) is 0 Å². The predicted octanol–water partition coefficient (Wildman–Crippen LogP) is 4.34. The average molecular weight is 449 g/mol. The summed E-state index contributed by atoms with van der Waals surface area (Å²) >= 11 is 1.34. The number of nitrogens with zero attached hydrogens (tertiary/aromatic N) is 2. The van der Waals surface area contributed by atoms with Crippen LogP contribution in [-0.2, 0) is 22.6 Å². The highest BCUT2D eigenvalue weighted by Gasteiger charge is 2.13. The van der Waals surface area contributed by atoms with Crippen molar-refractivity contribution in [2.45, 2.75) is 13.0 Å². The molecule has 0 aliphatic rings. The first-order chi connectivity index (χ1) is 15.6. The zero-order valence-electron chi connectivity index (χ0n) is 17.1. The number of aromatic nitrogens is 2. The van der Waals surface area contributed by atoms with E-state index in [9.17, 15) is 9.59 Å². The zero-order valence-corrected chi connectivity index (χ0v) is 17.9. The Balaban J connectivity index is 1.29. The molecule has 0 spiro atoms. The average Bonchev–Trinajstić information content (AvgIpc) is 3.50. The lowest BCUT2D eigenvalue weighted by atomic mass is 10.1. The Labute approximate surface area is 187 Å². The van der Waals surface area contributed by atoms with Crippen molar-refractivity contribution in [3.63, 3.8) is 0 Å². The summed E-state index contributed by atoms with van der Waals surface area (Å²) in [5.74, 6) is 0.535. The van der Waals surface area contributed by atoms with Gasteiger partial charge in [0.2, 0.25) is 5.91 Å². The number of hydrogen-bond donors (Lipinski definition) is 1. The second kappa shape index (κ2) is 9.88. The molecule has 0 saturated heterocycles. The molecule has 0 aliphatic carbocycles. The fourth-order valence-electron chi connectivity index (χ4n) is 2.93. The van der Waals surface area contributed by atoms with E-state index < -0.39 is 5.97 Å². The van der Waals surface area contributed by atoms with E-state index in [2.05, 4.69) is 15.3 Å². The van der Waals surface area contributed by atoms with E-state index in [4.69, 9.17) is 13.9 Å². The van der Waals surface area contributed by atoms with Crippen molar-refractivity contribution < 1.29 is 23.5 Å². The van der Waals surface area contributed by atoms with Gasteiger partial charge in [0.25, 0.3) is 0 Å². The number of rotatable bonds is 8. The van der Waals surface area contributed by atoms with Gasteiger partial charge in [-0.3, -0.25) is 4.79 Å². The summed E-state index contributed by atoms with van der Waals surface area (Å²) in [6, 6.07) is 14.0. The van der Waals surface area contributed by atoms with Crippen LogP contribution in [0.15, 0.2) is 70.9 Å². The number of hydrogen-bond acceptors (Lipinski definition) is 8. The largest absolute Gasteiger partial charge is 0.495 e. The Kier molecular flexibility index (Phi) is 6.57. The molecule has 162 valence electrons. The van der Waals surface area contributed by atoms with E-state index in [1.165, 1.54) is 17.7 Å². The summed E-state index contributed by atoms with van der Waals surface area (Å²) in [5.41, 5.74) is 2.41. The fourth-order valence-corrected chi connectivity index (χ4v) is 3.71. The minimum absolute atomic E-state index is 0.0211. The van der Waals surface area contributed by atoms with Gasteiger partial charge in [-0.25, -0.2) is 14.8 Å². The number of oxazole rings is 1. The van der Waals surface area contributed by atoms with Crippen LogP contribution in [0.4, 0.5) is 5.69 Å². The summed E-state index contributed by atoms with van der Waals surface area (Å²) in [7, 11) is 1.55. The summed E-state index contributed by atoms with van der Waals surface area (Å²) in [5, 5.41) is 5.21. The standard InChI is InChI=1S/C23H19N3O5S/c1-29-19-5-3-2-4-18(19)26-21(27)10-22-25-17(13-32-22)12-30-23(28)16-8-6-15(7-9-16)20-11-24-14-31-20/h2-9,11,13-14H,10,12H2,1H3,(H,26,27). The maximum atomic E-state index is 12.3. The maximum Gasteiger partial charge on any atom is 0.338 e. The molecule has 0 radical (unpaired) electrons. The van der Waals surface area contributed by atoms with Gasteiger partial charge in [0.05, 0.1) is 36.7 Å². The molecule has 1 amide bonds. The molecule has 9 heteroatoms. The van der Waals surface area contributed by atoms with Crippen molar-refractivity contribution in [3.8, 4) is 17.1 Å². The number of carbonyl (C=O) groups is 2. The molecule has 2 aromatic heterocycles. The van der Waals surface area contributed by atoms with Gasteiger partial charge in [0, 0.05) is 10.9 Å². The Morgan fingerprint density at radius 1 is 1.12 bits per heavy atom. The SMILES string of the molecule is COc1ccccc1NC(=O)Cc1nc(COC(=O)c2ccc(-c3cnco3)cc2)cs1. The highest BCUT2D eigenvalue weighted by atomic mass is 32.1. The van der Waals surface area contributed by atoms with Gasteiger partial charge in [-0.2, -0.15) is 0 Å². The summed E-state index contributed by atoms with van der Waals surface area (Å²) < 4.78 is 15.8. The number of nitrogens with one attached hydrogen (secondary N) is 1. The van der Waals surface area contributed by atoms with Crippen LogP contribution in [0.2, 0.25) is 0 Å². The molecule has 0 bridgehead atoms. The molecule has 0 atom stereocenters. The number of anilines is 1. The van der Waals surface area contributed by atoms with Crippen LogP contribution in [0.25, 0.3) is 11.3 Å². The second-order valence-electron chi connectivity index (χ2n) is 6.68. The number of carbonyl (C=O) groups excluding carboxylic acids is 2. The van der Waals surface area contributed by atoms with Gasteiger partial charge in [0.1, 0.15) is 17.4 Å². The Hall–Kier alpha value is -3.98. The highest BCUT2D eigenvalue weighted by molar-refractivity contribution is 7.09. The molecule has 2 heterocycles. The Morgan fingerprint density at radius 2 is 1.94 bits per heavy atom. The smallest absolute Gasteiger partial charge is 0.338 e. The number of para-hydroxylation sites is 2. The van der Waals surface area contributed by atoms with Crippen molar-refractivity contribution in [1.82, 2.24) is 9.97 Å². The molecule has 8 nitrogen and oxygen atoms in total. The molecule has 2 aromatic carbocycles. The summed E-state index contributed by atoms with van der Waals surface area (Å²) in [6.07, 6.45) is 3.06. The number of amides is 1. The van der Waals surface area contributed by atoms with Crippen LogP contribution >= 0.6 is 11.3 Å². The van der Waals surface area contributed by atoms with Crippen LogP contribution in [-0.4, -0.2) is 29.0 Å². The first-order valence-corrected chi connectivity index (χ1v) is 10.5. The summed E-state index contributed by atoms with van der Waals surface area (Å²) in [6.45, 7) is 0.0211. The Bertz CT molecular complexity index is 1200. The molecule has 0 aliphatic heterocycles. The van der Waals surface area contributed by atoms with Gasteiger partial charge in [-0.15, -0.1) is 11.3 Å². The molecule has 32 heavy (non-hydrogen) atoms. The van der Waals surface area contributed by atoms with E-state index in [1.54, 1.807) is 55.1 Å². The predicted molar refractivity (Wildman–Crippen MR) is 119 cm³/mol. The molecule has 0 unspecified atom stereocenters. The number of methoxy groups -OCH3 is 1. The lowest BCUT2D eigenvalue weighted by Gasteiger charge is -2.08. The van der Waals surface area contributed by atoms with E-state index in [0.29, 0.717) is 33.5 Å². The number of esters is 1. The number of benzene rings is 2. The van der Waals surface area contributed by atoms with Crippen molar-refractivity contribution in [3.05, 3.63) is 82.8 Å². The maximum absolute atomic E-state index is 12.3. The van der Waals surface area contributed by atoms with E-state index in [-0.39, 0.29) is 18.9 Å². The molecular weight excluding hydrogens is 430 g/mol. The van der Waals surface area contributed by atoms with Crippen LogP contribution in [0.5, 0.6) is 5.75 Å². The third-order valence-corrected chi connectivity index (χ3v) is 5.38. The third-order valence-electron chi connectivity index (χ3n) is 4.48. The van der Waals surface area contributed by atoms with Gasteiger partial charge in [-0.1, -0.05) is 24.3 Å². The topological polar surface area (TPSA) is 104 Å². The molecule has 0 fully saturated rings. The van der Waals surface area contributed by atoms with Gasteiger partial charge >= 0.3 is 5.97 Å². The normalized spacial score (nSPS) is 10.5. The Morgan fingerprint density at radius 3 is 2.69 bits per heavy atom. The third kappa shape index (κ3) is 5.19. The first-order valence-electron chi connectivity index (χ1n) is 9.64. The van der Waals surface area contributed by atoms with Crippen molar-refractivity contribution >= 4 is 28.9 Å². The van der Waals surface area contributed by atoms with E-state index >= 15 is 0 Å². The molecule has 1 N–H and O–H groups in total. The highest BCUT2D eigenvalue weighted by Crippen LogP contribution is 2.23. The van der Waals surface area contributed by atoms with E-state index in [0.717, 1.165) is 5.56 Å². The number of thiazole rings is 1. The monoisotopic (exact) mass is 449 g/mol. The van der Waals surface area contributed by atoms with Gasteiger partial charge < -0.3 is 19.2 Å². The lowest BCUT2D eigenvalue weighted by molar-refractivity contribution is -0.115. The minimum Gasteiger partial charge on any atom is -0.495 e. The summed E-state index contributed by atoms with van der Waals surface area (Å²) in [4.78, 5) is 32.9. The number of ether oxygens (including phenoxy) is 2. The first kappa shape index (κ1) is 21.3. The second-order valence-corrected chi connectivity index (χ2v) is 7.62. The molecule has 4 aromatic rings. The van der Waals surface area contributed by atoms with Crippen LogP contribution in [0.1, 0.15) is 21.1 Å². The van der Waals surface area contributed by atoms with Gasteiger partial charge in [0.15, 0.2) is 12.2 Å². The van der Waals surface area contributed by atoms with Crippen LogP contribution in [0.3, 0.4) is 0 Å². The quantitative estimate of drug-likeness (QED) is 0.399.